The molecule has 1 unspecified atom stereocenters. The Morgan fingerprint density at radius 1 is 1.28 bits per heavy atom. The summed E-state index contributed by atoms with van der Waals surface area (Å²) in [5, 5.41) is 25.6. The largest absolute Gasteiger partial charge is 0.542 e. The van der Waals surface area contributed by atoms with Crippen molar-refractivity contribution >= 4 is 23.4 Å². The minimum atomic E-state index is -5.19. The van der Waals surface area contributed by atoms with Gasteiger partial charge in [-0.1, -0.05) is 0 Å². The number of halogens is 4. The van der Waals surface area contributed by atoms with Crippen molar-refractivity contribution in [3.8, 4) is 6.07 Å². The van der Waals surface area contributed by atoms with Gasteiger partial charge in [0.25, 0.3) is 5.91 Å². The number of primary amides is 1. The monoisotopic (exact) mass is 456 g/mol. The van der Waals surface area contributed by atoms with Crippen LogP contribution in [0.2, 0.25) is 0 Å². The van der Waals surface area contributed by atoms with Gasteiger partial charge < -0.3 is 26.7 Å². The number of benzene rings is 1. The van der Waals surface area contributed by atoms with Crippen molar-refractivity contribution in [3.63, 3.8) is 0 Å². The number of alkyl halides is 3. The van der Waals surface area contributed by atoms with Gasteiger partial charge in [0, 0.05) is 24.7 Å². The second kappa shape index (κ2) is 10.1. The van der Waals surface area contributed by atoms with Crippen LogP contribution >= 0.6 is 0 Å². The Labute approximate surface area is 179 Å². The zero-order chi connectivity index (χ0) is 24.1. The summed E-state index contributed by atoms with van der Waals surface area (Å²) in [7, 11) is 0. The smallest absolute Gasteiger partial charge is 0.430 e. The number of nitriles is 1. The van der Waals surface area contributed by atoms with Crippen LogP contribution in [-0.4, -0.2) is 33.9 Å². The van der Waals surface area contributed by atoms with E-state index in [4.69, 9.17) is 15.6 Å². The van der Waals surface area contributed by atoms with Gasteiger partial charge in [0.1, 0.15) is 17.3 Å². The molecule has 1 heterocycles. The molecule has 2 aromatic rings. The minimum Gasteiger partial charge on any atom is -0.542 e. The Morgan fingerprint density at radius 3 is 2.38 bits per heavy atom. The average molecular weight is 456 g/mol. The molecule has 32 heavy (non-hydrogen) atoms. The van der Waals surface area contributed by atoms with Gasteiger partial charge in [-0.25, -0.2) is 4.39 Å². The number of carbonyl (C=O) groups is 2. The second-order valence-corrected chi connectivity index (χ2v) is 7.13. The Balaban J connectivity index is 0.000000451. The first-order valence-corrected chi connectivity index (χ1v) is 9.34. The first-order valence-electron chi connectivity index (χ1n) is 9.34. The number of carboxylic acid groups (broad SMARTS) is 1. The molecule has 0 spiro atoms. The van der Waals surface area contributed by atoms with E-state index in [1.165, 1.54) is 12.1 Å². The number of aromatic nitrogens is 2. The van der Waals surface area contributed by atoms with Crippen LogP contribution in [0.5, 0.6) is 0 Å². The van der Waals surface area contributed by atoms with Gasteiger partial charge in [0.15, 0.2) is 5.82 Å². The van der Waals surface area contributed by atoms with Crippen molar-refractivity contribution in [2.24, 2.45) is 11.7 Å². The predicted octanol–water partition coefficient (Wildman–Crippen LogP) is 0.639. The van der Waals surface area contributed by atoms with Crippen LogP contribution in [0.25, 0.3) is 0 Å². The number of rotatable bonds is 4. The van der Waals surface area contributed by atoms with Crippen LogP contribution in [0.3, 0.4) is 0 Å². The highest BCUT2D eigenvalue weighted by molar-refractivity contribution is 5.98. The molecule has 0 bridgehead atoms. The minimum absolute atomic E-state index is 0.120. The number of anilines is 2. The lowest BCUT2D eigenvalue weighted by molar-refractivity contribution is -0.428. The van der Waals surface area contributed by atoms with E-state index in [9.17, 15) is 27.6 Å². The van der Waals surface area contributed by atoms with Gasteiger partial charge in [-0.2, -0.15) is 23.5 Å². The lowest BCUT2D eigenvalue weighted by atomic mass is 9.83. The number of quaternary nitrogens is 1. The number of hydrogen-bond donors (Lipinski definition) is 3. The summed E-state index contributed by atoms with van der Waals surface area (Å²) in [5.41, 5.74) is 10.3. The third-order valence-corrected chi connectivity index (χ3v) is 4.76. The molecule has 0 aliphatic heterocycles. The summed E-state index contributed by atoms with van der Waals surface area (Å²) in [4.78, 5) is 20.5. The van der Waals surface area contributed by atoms with E-state index in [0.29, 0.717) is 17.9 Å². The lowest BCUT2D eigenvalue weighted by Gasteiger charge is -2.28. The number of carboxylic acids is 1. The standard InChI is InChI=1S/C17H19FN6O.C2HF3O2/c18-11-1-4-13(5-2-11)22-17-14(16(21)25)9-24(23-17)15-6-3-12(20)7-10(15)8-19;3-2(4,5)1(6)7/h1-2,4-5,9-10,12,15H,3,6-7,20H2,(H2,21,25)(H,22,23);(H,6,7)/t10-,12+,15?;/m1./s1. The highest BCUT2D eigenvalue weighted by atomic mass is 19.4. The highest BCUT2D eigenvalue weighted by Gasteiger charge is 2.33. The lowest BCUT2D eigenvalue weighted by Crippen LogP contribution is -2.63. The van der Waals surface area contributed by atoms with Crippen LogP contribution in [-0.2, 0) is 4.79 Å². The summed E-state index contributed by atoms with van der Waals surface area (Å²) in [6.45, 7) is 0. The summed E-state index contributed by atoms with van der Waals surface area (Å²) in [6, 6.07) is 8.16. The maximum atomic E-state index is 13.0. The Bertz CT molecular complexity index is 1000. The molecule has 0 saturated heterocycles. The molecule has 172 valence electrons. The molecule has 3 rings (SSSR count). The van der Waals surface area contributed by atoms with Gasteiger partial charge >= 0.3 is 6.18 Å². The zero-order valence-corrected chi connectivity index (χ0v) is 16.6. The van der Waals surface area contributed by atoms with E-state index in [1.807, 2.05) is 0 Å². The van der Waals surface area contributed by atoms with Crippen LogP contribution < -0.4 is 21.9 Å². The van der Waals surface area contributed by atoms with Crippen molar-refractivity contribution in [3.05, 3.63) is 41.8 Å². The SMILES string of the molecule is N#C[C@H]1C[C@@H]([NH3+])CCC1n1cc(C(N)=O)c(Nc2ccc(F)cc2)n1.O=C([O-])C(F)(F)F. The molecule has 1 aliphatic carbocycles. The van der Waals surface area contributed by atoms with E-state index < -0.39 is 18.1 Å². The summed E-state index contributed by atoms with van der Waals surface area (Å²) < 4.78 is 46.2. The van der Waals surface area contributed by atoms with Crippen LogP contribution in [0, 0.1) is 23.1 Å². The molecule has 6 N–H and O–H groups in total. The summed E-state index contributed by atoms with van der Waals surface area (Å²) in [5.74, 6) is -3.89. The van der Waals surface area contributed by atoms with Gasteiger partial charge in [-0.3, -0.25) is 9.48 Å². The molecule has 1 aliphatic rings. The maximum absolute atomic E-state index is 13.0. The third-order valence-electron chi connectivity index (χ3n) is 4.76. The quantitative estimate of drug-likeness (QED) is 0.571. The molecule has 1 aromatic heterocycles. The normalized spacial score (nSPS) is 20.4. The number of nitrogens with zero attached hydrogens (tertiary/aromatic N) is 3. The maximum Gasteiger partial charge on any atom is 0.430 e. The fourth-order valence-corrected chi connectivity index (χ4v) is 3.20. The molecule has 3 atom stereocenters. The summed E-state index contributed by atoms with van der Waals surface area (Å²) >= 11 is 0. The fraction of sp³-hybridized carbons (Fsp3) is 0.368. The van der Waals surface area contributed by atoms with E-state index in [1.54, 1.807) is 23.0 Å². The fourth-order valence-electron chi connectivity index (χ4n) is 3.20. The Morgan fingerprint density at radius 2 is 1.88 bits per heavy atom. The van der Waals surface area contributed by atoms with Crippen molar-refractivity contribution < 1.29 is 38.0 Å². The van der Waals surface area contributed by atoms with Crippen LogP contribution in [0.4, 0.5) is 29.1 Å². The van der Waals surface area contributed by atoms with Crippen LogP contribution in [0.1, 0.15) is 35.7 Å². The van der Waals surface area contributed by atoms with Gasteiger partial charge in [-0.15, -0.1) is 0 Å². The van der Waals surface area contributed by atoms with Gasteiger partial charge in [-0.05, 0) is 30.7 Å². The number of aliphatic carboxylic acids is 1. The molecule has 1 amide bonds. The van der Waals surface area contributed by atoms with Gasteiger partial charge in [0.2, 0.25) is 0 Å². The third kappa shape index (κ3) is 6.42. The number of nitrogens with one attached hydrogen (secondary N) is 1. The molecule has 1 saturated carbocycles. The first-order chi connectivity index (χ1) is 14.9. The molecule has 0 radical (unpaired) electrons. The van der Waals surface area contributed by atoms with Crippen LogP contribution in [0.15, 0.2) is 30.5 Å². The first kappa shape index (κ1) is 24.6. The van der Waals surface area contributed by atoms with E-state index in [-0.39, 0.29) is 29.4 Å². The molecule has 1 fully saturated rings. The number of hydrogen-bond acceptors (Lipinski definition) is 6. The van der Waals surface area contributed by atoms with E-state index >= 15 is 0 Å². The van der Waals surface area contributed by atoms with Crippen molar-refractivity contribution in [2.75, 3.05) is 5.32 Å². The average Bonchev–Trinajstić information content (AvgIpc) is 3.13. The van der Waals surface area contributed by atoms with Crippen molar-refractivity contribution in [1.29, 1.82) is 5.26 Å². The highest BCUT2D eigenvalue weighted by Crippen LogP contribution is 2.33. The van der Waals surface area contributed by atoms with Gasteiger partial charge in [0.05, 0.1) is 24.1 Å². The number of carbonyl (C=O) groups excluding carboxylic acids is 2. The molecular weight excluding hydrogens is 436 g/mol. The topological polar surface area (TPSA) is 164 Å². The molecule has 1 aromatic carbocycles. The molecular formula is C19H20F4N6O3. The Hall–Kier alpha value is -3.66. The van der Waals surface area contributed by atoms with Crippen molar-refractivity contribution in [1.82, 2.24) is 9.78 Å². The number of amides is 1. The van der Waals surface area contributed by atoms with Crippen molar-refractivity contribution in [2.45, 2.75) is 37.5 Å². The van der Waals surface area contributed by atoms with E-state index in [2.05, 4.69) is 22.2 Å². The zero-order valence-electron chi connectivity index (χ0n) is 16.6. The Kier molecular flexibility index (Phi) is 7.77. The molecule has 9 nitrogen and oxygen atoms in total. The molecule has 13 heteroatoms. The predicted molar refractivity (Wildman–Crippen MR) is 100 cm³/mol. The second-order valence-electron chi connectivity index (χ2n) is 7.13. The van der Waals surface area contributed by atoms with E-state index in [0.717, 1.165) is 12.8 Å². The summed E-state index contributed by atoms with van der Waals surface area (Å²) in [6.07, 6.45) is -1.25. The number of nitrogens with two attached hydrogens (primary N) is 1.